The molecule has 3 aromatic carbocycles. The second-order valence-corrected chi connectivity index (χ2v) is 15.6. The Morgan fingerprint density at radius 3 is 2.21 bits per heavy atom. The summed E-state index contributed by atoms with van der Waals surface area (Å²) in [6, 6.07) is 20.2. The molecule has 5 aromatic rings. The van der Waals surface area contributed by atoms with Gasteiger partial charge in [0.15, 0.2) is 0 Å². The Labute approximate surface area is 340 Å². The van der Waals surface area contributed by atoms with Crippen molar-refractivity contribution in [3.63, 3.8) is 0 Å². The molecule has 2 aromatic heterocycles. The Bertz CT molecular complexity index is 2360. The number of benzene rings is 3. The molecule has 8 rings (SSSR count). The fraction of sp³-hybridized carbons (Fsp3) is 0.349. The van der Waals surface area contributed by atoms with Gasteiger partial charge in [0.25, 0.3) is 0 Å². The van der Waals surface area contributed by atoms with Gasteiger partial charge in [-0.2, -0.15) is 0 Å². The zero-order valence-electron chi connectivity index (χ0n) is 32.7. The van der Waals surface area contributed by atoms with Gasteiger partial charge in [0.1, 0.15) is 34.6 Å². The second-order valence-electron chi connectivity index (χ2n) is 15.2. The molecule has 1 saturated heterocycles. The number of rotatable bonds is 9. The highest BCUT2D eigenvalue weighted by molar-refractivity contribution is 6.32. The van der Waals surface area contributed by atoms with Crippen molar-refractivity contribution < 1.29 is 28.7 Å². The molecule has 0 radical (unpaired) electrons. The lowest BCUT2D eigenvalue weighted by atomic mass is 10.0. The second kappa shape index (κ2) is 16.0. The summed E-state index contributed by atoms with van der Waals surface area (Å²) in [5.74, 6) is 0.778. The Kier molecular flexibility index (Phi) is 10.7. The smallest absolute Gasteiger partial charge is 0.407 e. The van der Waals surface area contributed by atoms with E-state index in [0.29, 0.717) is 48.3 Å². The lowest BCUT2D eigenvalue weighted by Gasteiger charge is -2.29. The molecule has 0 bridgehead atoms. The fourth-order valence-corrected chi connectivity index (χ4v) is 8.66. The Hall–Kier alpha value is -6.15. The number of likely N-dealkylation sites (tertiary alicyclic amines) is 1. The van der Waals surface area contributed by atoms with E-state index in [4.69, 9.17) is 31.0 Å². The van der Waals surface area contributed by atoms with E-state index in [2.05, 4.69) is 32.7 Å². The van der Waals surface area contributed by atoms with Crippen molar-refractivity contribution in [2.75, 3.05) is 25.7 Å². The number of para-hydroxylation sites is 1. The van der Waals surface area contributed by atoms with Crippen molar-refractivity contribution in [3.8, 4) is 33.6 Å². The number of carbonyl (C=O) groups excluding carboxylic acids is 4. The Morgan fingerprint density at radius 1 is 0.845 bits per heavy atom. The number of methoxy groups -OCH3 is 2. The van der Waals surface area contributed by atoms with Crippen LogP contribution in [0.3, 0.4) is 0 Å². The minimum atomic E-state index is -0.727. The van der Waals surface area contributed by atoms with Crippen LogP contribution in [-0.2, 0) is 31.9 Å². The topological polar surface area (TPSA) is 175 Å². The first kappa shape index (κ1) is 38.7. The number of H-pyrrole nitrogens is 2. The van der Waals surface area contributed by atoms with Crippen LogP contribution in [0, 0.1) is 5.92 Å². The van der Waals surface area contributed by atoms with E-state index in [1.54, 1.807) is 16.0 Å². The number of alkyl carbamates (subject to hydrolysis) is 2. The summed E-state index contributed by atoms with van der Waals surface area (Å²) in [6.07, 6.45) is 3.78. The van der Waals surface area contributed by atoms with Gasteiger partial charge in [0, 0.05) is 18.5 Å². The number of hydrogen-bond acceptors (Lipinski definition) is 8. The van der Waals surface area contributed by atoms with Crippen LogP contribution in [0.1, 0.15) is 68.0 Å². The maximum atomic E-state index is 13.9. The van der Waals surface area contributed by atoms with Crippen LogP contribution in [0.15, 0.2) is 72.9 Å². The van der Waals surface area contributed by atoms with Gasteiger partial charge in [-0.05, 0) is 59.4 Å². The summed E-state index contributed by atoms with van der Waals surface area (Å²) in [6.45, 7) is 4.31. The third kappa shape index (κ3) is 7.28. The molecule has 4 amide bonds. The van der Waals surface area contributed by atoms with Gasteiger partial charge in [-0.25, -0.2) is 19.6 Å². The van der Waals surface area contributed by atoms with Crippen LogP contribution in [0.2, 0.25) is 5.15 Å². The van der Waals surface area contributed by atoms with E-state index in [0.717, 1.165) is 57.6 Å². The van der Waals surface area contributed by atoms with Gasteiger partial charge in [-0.15, -0.1) is 0 Å². The molecule has 3 aliphatic heterocycles. The number of aryl methyl sites for hydroxylation is 1. The number of nitrogens with one attached hydrogen (secondary N) is 4. The van der Waals surface area contributed by atoms with Crippen molar-refractivity contribution in [2.45, 2.75) is 70.1 Å². The number of imidazole rings is 2. The van der Waals surface area contributed by atoms with Gasteiger partial charge in [-0.1, -0.05) is 92.2 Å². The molecular weight excluding hydrogens is 760 g/mol. The summed E-state index contributed by atoms with van der Waals surface area (Å²) < 4.78 is 9.56. The first-order valence-electron chi connectivity index (χ1n) is 19.5. The number of ether oxygens (including phenoxy) is 2. The molecule has 0 aliphatic carbocycles. The van der Waals surface area contributed by atoms with Crippen LogP contribution >= 0.6 is 11.6 Å². The first-order chi connectivity index (χ1) is 28.0. The number of carbonyl (C=O) groups is 4. The molecule has 58 heavy (non-hydrogen) atoms. The van der Waals surface area contributed by atoms with Gasteiger partial charge < -0.3 is 35.0 Å². The van der Waals surface area contributed by atoms with Crippen molar-refractivity contribution in [1.29, 1.82) is 0 Å². The van der Waals surface area contributed by atoms with Gasteiger partial charge in [0.2, 0.25) is 11.8 Å². The van der Waals surface area contributed by atoms with E-state index in [-0.39, 0.29) is 29.8 Å². The number of aromatic amines is 2. The molecule has 3 aliphatic rings. The SMILES string of the molecule is COC(=O)N[C@H]1CCc2cccc3c2N(C1=O)[C@H](c1ncc(-c2ccc(-c4ccc(-c5nc([C@@H]6CCCN6C(=O)[C@@H](NC(=O)OC)C(C)C)[nH]c5Cl)cc4)cc2)[nH]1)C3. The largest absolute Gasteiger partial charge is 0.453 e. The van der Waals surface area contributed by atoms with Gasteiger partial charge >= 0.3 is 12.2 Å². The van der Waals surface area contributed by atoms with E-state index in [9.17, 15) is 19.2 Å². The average Bonchev–Trinajstić information content (AvgIpc) is 4.05. The molecule has 4 N–H and O–H groups in total. The zero-order chi connectivity index (χ0) is 40.7. The van der Waals surface area contributed by atoms with E-state index >= 15 is 0 Å². The van der Waals surface area contributed by atoms with Crippen LogP contribution in [0.5, 0.6) is 0 Å². The first-order valence-corrected chi connectivity index (χ1v) is 19.9. The van der Waals surface area contributed by atoms with Crippen molar-refractivity contribution in [1.82, 2.24) is 35.5 Å². The van der Waals surface area contributed by atoms with E-state index < -0.39 is 24.3 Å². The molecule has 15 heteroatoms. The molecule has 300 valence electrons. The number of nitrogens with zero attached hydrogens (tertiary/aromatic N) is 4. The van der Waals surface area contributed by atoms with Crippen molar-refractivity contribution >= 4 is 41.3 Å². The highest BCUT2D eigenvalue weighted by atomic mass is 35.5. The zero-order valence-corrected chi connectivity index (χ0v) is 33.4. The lowest BCUT2D eigenvalue weighted by Crippen LogP contribution is -2.51. The van der Waals surface area contributed by atoms with Crippen molar-refractivity contribution in [3.05, 3.63) is 101 Å². The molecule has 4 atom stereocenters. The van der Waals surface area contributed by atoms with Crippen LogP contribution in [0.4, 0.5) is 15.3 Å². The molecule has 1 fully saturated rings. The summed E-state index contributed by atoms with van der Waals surface area (Å²) in [5.41, 5.74) is 8.28. The molecular formula is C43H45ClN8O6. The Morgan fingerprint density at radius 2 is 1.52 bits per heavy atom. The molecule has 0 saturated carbocycles. The minimum Gasteiger partial charge on any atom is -0.453 e. The molecule has 0 spiro atoms. The normalized spacial score (nSPS) is 19.1. The highest BCUT2D eigenvalue weighted by Gasteiger charge is 2.43. The molecule has 0 unspecified atom stereocenters. The van der Waals surface area contributed by atoms with Crippen LogP contribution in [-0.4, -0.2) is 81.7 Å². The fourth-order valence-electron chi connectivity index (χ4n) is 8.41. The summed E-state index contributed by atoms with van der Waals surface area (Å²) >= 11 is 6.71. The predicted octanol–water partition coefficient (Wildman–Crippen LogP) is 7.13. The monoisotopic (exact) mass is 804 g/mol. The lowest BCUT2D eigenvalue weighted by molar-refractivity contribution is -0.135. The van der Waals surface area contributed by atoms with Crippen molar-refractivity contribution in [2.24, 2.45) is 5.92 Å². The Balaban J connectivity index is 0.965. The third-order valence-corrected chi connectivity index (χ3v) is 11.7. The summed E-state index contributed by atoms with van der Waals surface area (Å²) in [7, 11) is 2.57. The average molecular weight is 805 g/mol. The standard InChI is InChI=1S/C43H45ClN8O6/c1-23(2)34(49-43(56)58-4)41(54)51-20-6-9-32(51)39-48-35(37(44)50-39)27-16-12-25(13-17-27)24-10-14-26(15-11-24)31-22-45-38(46-31)33-21-29-8-5-7-28-18-19-30(47-42(55)57-3)40(53)52(33)36(28)29/h5,7-8,10-17,22-23,30,32-34H,6,9,18-21H2,1-4H3,(H,45,46)(H,47,55)(H,48,50)(H,49,56)/t30-,32-,33-,34-/m0/s1. The summed E-state index contributed by atoms with van der Waals surface area (Å²) in [5, 5.41) is 5.79. The number of anilines is 1. The van der Waals surface area contributed by atoms with E-state index in [1.165, 1.54) is 14.2 Å². The highest BCUT2D eigenvalue weighted by Crippen LogP contribution is 2.45. The predicted molar refractivity (Wildman–Crippen MR) is 218 cm³/mol. The quantitative estimate of drug-likeness (QED) is 0.122. The van der Waals surface area contributed by atoms with Gasteiger partial charge in [-0.3, -0.25) is 14.5 Å². The van der Waals surface area contributed by atoms with Crippen LogP contribution in [0.25, 0.3) is 33.6 Å². The number of aromatic nitrogens is 4. The van der Waals surface area contributed by atoms with E-state index in [1.807, 2.05) is 68.4 Å². The van der Waals surface area contributed by atoms with Gasteiger partial charge in [0.05, 0.1) is 43.9 Å². The third-order valence-electron chi connectivity index (χ3n) is 11.4. The number of amides is 4. The maximum Gasteiger partial charge on any atom is 0.407 e. The van der Waals surface area contributed by atoms with Crippen LogP contribution < -0.4 is 15.5 Å². The maximum absolute atomic E-state index is 13.9. The molecule has 14 nitrogen and oxygen atoms in total. The summed E-state index contributed by atoms with van der Waals surface area (Å²) in [4.78, 5) is 71.5. The minimum absolute atomic E-state index is 0.137. The number of halogens is 1. The molecule has 5 heterocycles. The number of hydrogen-bond donors (Lipinski definition) is 4.